The maximum atomic E-state index is 2.77. The third-order valence-corrected chi connectivity index (χ3v) is 7.33. The number of likely N-dealkylation sites (tertiary alicyclic amines) is 3. The number of nitrogens with zero attached hydrogens (tertiary/aromatic N) is 3. The van der Waals surface area contributed by atoms with Gasteiger partial charge in [-0.05, 0) is 118 Å². The highest BCUT2D eigenvalue weighted by Gasteiger charge is 2.47. The number of rotatable bonds is 3. The molecule has 3 rings (SSSR count). The Bertz CT molecular complexity index is 421. The van der Waals surface area contributed by atoms with Gasteiger partial charge >= 0.3 is 0 Å². The van der Waals surface area contributed by atoms with Crippen molar-refractivity contribution >= 4 is 0 Å². The van der Waals surface area contributed by atoms with Crippen LogP contribution in [0.4, 0.5) is 0 Å². The van der Waals surface area contributed by atoms with E-state index in [0.717, 1.165) is 5.92 Å². The standard InChI is InChI=1S/C22H43N3/c1-20(2,3)24-13-8-19(9-14-24)7-12-23-15-10-22(11-16-23)17-25(18-22)21(4,5)6/h19H,7-18H2,1-6H3. The van der Waals surface area contributed by atoms with Crippen molar-refractivity contribution in [1.82, 2.24) is 14.7 Å². The molecule has 0 amide bonds. The molecule has 146 valence electrons. The van der Waals surface area contributed by atoms with E-state index in [1.807, 2.05) is 0 Å². The summed E-state index contributed by atoms with van der Waals surface area (Å²) in [6.07, 6.45) is 7.12. The van der Waals surface area contributed by atoms with Crippen molar-refractivity contribution in [3.05, 3.63) is 0 Å². The van der Waals surface area contributed by atoms with Crippen LogP contribution in [-0.2, 0) is 0 Å². The van der Waals surface area contributed by atoms with E-state index in [4.69, 9.17) is 0 Å². The Kier molecular flexibility index (Phi) is 5.60. The van der Waals surface area contributed by atoms with E-state index in [2.05, 4.69) is 56.2 Å². The lowest BCUT2D eigenvalue weighted by molar-refractivity contribution is -0.0904. The Morgan fingerprint density at radius 2 is 1.28 bits per heavy atom. The van der Waals surface area contributed by atoms with Crippen LogP contribution < -0.4 is 0 Å². The van der Waals surface area contributed by atoms with Crippen LogP contribution in [0.15, 0.2) is 0 Å². The van der Waals surface area contributed by atoms with Gasteiger partial charge in [0.25, 0.3) is 0 Å². The molecule has 3 heteroatoms. The molecule has 3 aliphatic heterocycles. The Balaban J connectivity index is 1.33. The molecule has 0 aromatic rings. The van der Waals surface area contributed by atoms with Crippen LogP contribution >= 0.6 is 0 Å². The minimum absolute atomic E-state index is 0.357. The first kappa shape index (κ1) is 19.6. The molecule has 0 atom stereocenters. The SMILES string of the molecule is CC(C)(C)N1CCC(CCN2CCC3(CC2)CN(C(C)(C)C)C3)CC1. The van der Waals surface area contributed by atoms with E-state index in [0.29, 0.717) is 16.5 Å². The monoisotopic (exact) mass is 349 g/mol. The summed E-state index contributed by atoms with van der Waals surface area (Å²) < 4.78 is 0. The lowest BCUT2D eigenvalue weighted by Gasteiger charge is -2.58. The van der Waals surface area contributed by atoms with Gasteiger partial charge in [0, 0.05) is 24.2 Å². The molecule has 0 aliphatic carbocycles. The zero-order valence-corrected chi connectivity index (χ0v) is 17.9. The highest BCUT2D eigenvalue weighted by atomic mass is 15.3. The number of piperidine rings is 2. The average Bonchev–Trinajstić information content (AvgIpc) is 2.50. The van der Waals surface area contributed by atoms with Crippen LogP contribution in [0.25, 0.3) is 0 Å². The van der Waals surface area contributed by atoms with Crippen molar-refractivity contribution in [2.24, 2.45) is 11.3 Å². The summed E-state index contributed by atoms with van der Waals surface area (Å²) in [5.74, 6) is 0.967. The zero-order chi connectivity index (χ0) is 18.3. The van der Waals surface area contributed by atoms with Gasteiger partial charge in [-0.25, -0.2) is 0 Å². The number of hydrogen-bond donors (Lipinski definition) is 0. The molecule has 0 aromatic carbocycles. The predicted octanol–water partition coefficient (Wildman–Crippen LogP) is 4.08. The van der Waals surface area contributed by atoms with Crippen LogP contribution in [0.5, 0.6) is 0 Å². The van der Waals surface area contributed by atoms with E-state index >= 15 is 0 Å². The van der Waals surface area contributed by atoms with Crippen molar-refractivity contribution < 1.29 is 0 Å². The molecule has 3 heterocycles. The maximum absolute atomic E-state index is 2.77. The first-order valence-corrected chi connectivity index (χ1v) is 10.8. The molecule has 0 N–H and O–H groups in total. The van der Waals surface area contributed by atoms with Crippen LogP contribution in [0.3, 0.4) is 0 Å². The fourth-order valence-corrected chi connectivity index (χ4v) is 5.06. The minimum atomic E-state index is 0.357. The Labute approximate surface area is 157 Å². The highest BCUT2D eigenvalue weighted by molar-refractivity contribution is 5.01. The lowest BCUT2D eigenvalue weighted by atomic mass is 9.70. The normalized spacial score (nSPS) is 27.6. The molecule has 3 aliphatic rings. The van der Waals surface area contributed by atoms with E-state index in [1.165, 1.54) is 77.9 Å². The fourth-order valence-electron chi connectivity index (χ4n) is 5.06. The summed E-state index contributed by atoms with van der Waals surface area (Å²) in [6.45, 7) is 23.5. The van der Waals surface area contributed by atoms with Crippen molar-refractivity contribution in [1.29, 1.82) is 0 Å². The molecule has 3 fully saturated rings. The summed E-state index contributed by atoms with van der Waals surface area (Å²) in [7, 11) is 0. The van der Waals surface area contributed by atoms with E-state index in [1.54, 1.807) is 0 Å². The predicted molar refractivity (Wildman–Crippen MR) is 108 cm³/mol. The largest absolute Gasteiger partial charge is 0.303 e. The van der Waals surface area contributed by atoms with Crippen LogP contribution in [0, 0.1) is 11.3 Å². The Hall–Kier alpha value is -0.120. The quantitative estimate of drug-likeness (QED) is 0.760. The lowest BCUT2D eigenvalue weighted by Crippen LogP contribution is -2.65. The molecule has 0 aromatic heterocycles. The molecular weight excluding hydrogens is 306 g/mol. The van der Waals surface area contributed by atoms with Gasteiger partial charge in [-0.15, -0.1) is 0 Å². The second-order valence-electron chi connectivity index (χ2n) is 11.3. The molecular formula is C22H43N3. The molecule has 0 saturated carbocycles. The van der Waals surface area contributed by atoms with E-state index in [9.17, 15) is 0 Å². The van der Waals surface area contributed by atoms with Crippen molar-refractivity contribution in [2.45, 2.75) is 84.7 Å². The Morgan fingerprint density at radius 3 is 1.76 bits per heavy atom. The summed E-state index contributed by atoms with van der Waals surface area (Å²) in [4.78, 5) is 8.11. The maximum Gasteiger partial charge on any atom is 0.0125 e. The Morgan fingerprint density at radius 1 is 0.760 bits per heavy atom. The van der Waals surface area contributed by atoms with E-state index < -0.39 is 0 Å². The van der Waals surface area contributed by atoms with Gasteiger partial charge in [-0.3, -0.25) is 9.80 Å². The molecule has 3 saturated heterocycles. The average molecular weight is 350 g/mol. The highest BCUT2D eigenvalue weighted by Crippen LogP contribution is 2.43. The molecule has 25 heavy (non-hydrogen) atoms. The molecule has 0 radical (unpaired) electrons. The minimum Gasteiger partial charge on any atom is -0.303 e. The van der Waals surface area contributed by atoms with Crippen molar-refractivity contribution in [3.8, 4) is 0 Å². The molecule has 0 unspecified atom stereocenters. The van der Waals surface area contributed by atoms with Gasteiger partial charge in [0.15, 0.2) is 0 Å². The smallest absolute Gasteiger partial charge is 0.0125 e. The molecule has 0 bridgehead atoms. The van der Waals surface area contributed by atoms with Crippen molar-refractivity contribution in [2.75, 3.05) is 45.8 Å². The second kappa shape index (κ2) is 7.13. The summed E-state index contributed by atoms with van der Waals surface area (Å²) in [6, 6.07) is 0. The van der Waals surface area contributed by atoms with Crippen LogP contribution in [0.1, 0.15) is 73.6 Å². The molecule has 3 nitrogen and oxygen atoms in total. The van der Waals surface area contributed by atoms with Gasteiger partial charge in [-0.1, -0.05) is 0 Å². The van der Waals surface area contributed by atoms with Crippen LogP contribution in [0.2, 0.25) is 0 Å². The van der Waals surface area contributed by atoms with Crippen LogP contribution in [-0.4, -0.2) is 71.6 Å². The molecule has 1 spiro atoms. The number of hydrogen-bond acceptors (Lipinski definition) is 3. The summed E-state index contributed by atoms with van der Waals surface area (Å²) >= 11 is 0. The third-order valence-electron chi connectivity index (χ3n) is 7.33. The topological polar surface area (TPSA) is 9.72 Å². The van der Waals surface area contributed by atoms with Gasteiger partial charge in [-0.2, -0.15) is 0 Å². The van der Waals surface area contributed by atoms with Crippen molar-refractivity contribution in [3.63, 3.8) is 0 Å². The third kappa shape index (κ3) is 4.78. The van der Waals surface area contributed by atoms with Gasteiger partial charge < -0.3 is 4.90 Å². The first-order valence-electron chi connectivity index (χ1n) is 10.8. The van der Waals surface area contributed by atoms with Gasteiger partial charge in [0.1, 0.15) is 0 Å². The van der Waals surface area contributed by atoms with E-state index in [-0.39, 0.29) is 0 Å². The fraction of sp³-hybridized carbons (Fsp3) is 1.00. The van der Waals surface area contributed by atoms with Gasteiger partial charge in [0.2, 0.25) is 0 Å². The van der Waals surface area contributed by atoms with Gasteiger partial charge in [0.05, 0.1) is 0 Å². The zero-order valence-electron chi connectivity index (χ0n) is 17.9. The summed E-state index contributed by atoms with van der Waals surface area (Å²) in [5.41, 5.74) is 1.39. The second-order valence-corrected chi connectivity index (χ2v) is 11.3. The first-order chi connectivity index (χ1) is 11.6. The summed E-state index contributed by atoms with van der Waals surface area (Å²) in [5, 5.41) is 0.